The van der Waals surface area contributed by atoms with E-state index in [1.54, 1.807) is 24.4 Å². The highest BCUT2D eigenvalue weighted by molar-refractivity contribution is 6.07. The molecule has 1 heterocycles. The van der Waals surface area contributed by atoms with Crippen LogP contribution in [0.3, 0.4) is 0 Å². The standard InChI is InChI=1S/C17H16N2O.2C2H6/c1-3-5-9-13(4-2)17-18-12-15(19-17)16(20)14-10-7-6-8-11-14;2*1-2/h3-12H,1H2,2H3,(H,18,19);2*1-2H3/b9-5-,13-4+;;. The minimum absolute atomic E-state index is 0.0625. The summed E-state index contributed by atoms with van der Waals surface area (Å²) in [6.07, 6.45) is 8.91. The first-order valence-electron chi connectivity index (χ1n) is 8.36. The number of allylic oxidation sites excluding steroid dienone is 5. The fraction of sp³-hybridized carbons (Fsp3) is 0.238. The number of carbonyl (C=O) groups is 1. The topological polar surface area (TPSA) is 45.8 Å². The molecule has 0 aliphatic rings. The Bertz CT molecular complexity index is 664. The molecule has 128 valence electrons. The van der Waals surface area contributed by atoms with E-state index in [0.717, 1.165) is 5.57 Å². The second-order valence-electron chi connectivity index (χ2n) is 4.18. The van der Waals surface area contributed by atoms with Crippen LogP contribution in [-0.4, -0.2) is 15.8 Å². The number of nitrogens with zero attached hydrogens (tertiary/aromatic N) is 1. The van der Waals surface area contributed by atoms with Gasteiger partial charge < -0.3 is 4.98 Å². The zero-order valence-electron chi connectivity index (χ0n) is 15.3. The van der Waals surface area contributed by atoms with Gasteiger partial charge in [0.2, 0.25) is 5.78 Å². The normalized spacial score (nSPS) is 10.3. The van der Waals surface area contributed by atoms with Crippen LogP contribution in [0.1, 0.15) is 56.5 Å². The Morgan fingerprint density at radius 3 is 2.29 bits per heavy atom. The van der Waals surface area contributed by atoms with Crippen LogP contribution in [0.25, 0.3) is 5.57 Å². The Labute approximate surface area is 145 Å². The lowest BCUT2D eigenvalue weighted by molar-refractivity contribution is 0.103. The highest BCUT2D eigenvalue weighted by Gasteiger charge is 2.12. The summed E-state index contributed by atoms with van der Waals surface area (Å²) in [6, 6.07) is 9.14. The summed E-state index contributed by atoms with van der Waals surface area (Å²) in [7, 11) is 0. The van der Waals surface area contributed by atoms with Crippen molar-refractivity contribution in [3.05, 3.63) is 84.5 Å². The minimum Gasteiger partial charge on any atom is -0.335 e. The number of hydrogen-bond acceptors (Lipinski definition) is 2. The van der Waals surface area contributed by atoms with E-state index in [9.17, 15) is 4.79 Å². The third-order valence-electron chi connectivity index (χ3n) is 2.85. The molecule has 0 spiro atoms. The molecule has 0 fully saturated rings. The van der Waals surface area contributed by atoms with E-state index in [1.165, 1.54) is 0 Å². The minimum atomic E-state index is -0.0625. The van der Waals surface area contributed by atoms with E-state index in [4.69, 9.17) is 0 Å². The third kappa shape index (κ3) is 6.21. The molecular formula is C21H28N2O. The van der Waals surface area contributed by atoms with Crippen LogP contribution in [0.2, 0.25) is 0 Å². The quantitative estimate of drug-likeness (QED) is 0.555. The monoisotopic (exact) mass is 324 g/mol. The number of rotatable bonds is 5. The number of hydrogen-bond donors (Lipinski definition) is 1. The summed E-state index contributed by atoms with van der Waals surface area (Å²) in [5.74, 6) is 0.609. The summed E-state index contributed by atoms with van der Waals surface area (Å²) in [5.41, 5.74) is 2.04. The molecule has 0 radical (unpaired) electrons. The van der Waals surface area contributed by atoms with E-state index >= 15 is 0 Å². The second kappa shape index (κ2) is 12.8. The Morgan fingerprint density at radius 1 is 1.12 bits per heavy atom. The Kier molecular flexibility index (Phi) is 11.4. The predicted molar refractivity (Wildman–Crippen MR) is 104 cm³/mol. The first-order valence-corrected chi connectivity index (χ1v) is 8.36. The lowest BCUT2D eigenvalue weighted by Crippen LogP contribution is -2.01. The number of nitrogens with one attached hydrogen (secondary N) is 1. The summed E-state index contributed by atoms with van der Waals surface area (Å²) < 4.78 is 0. The Balaban J connectivity index is 0.00000123. The van der Waals surface area contributed by atoms with Crippen molar-refractivity contribution in [1.82, 2.24) is 9.97 Å². The zero-order chi connectivity index (χ0) is 18.4. The van der Waals surface area contributed by atoms with Crippen LogP contribution in [0.15, 0.2) is 67.4 Å². The fourth-order valence-electron chi connectivity index (χ4n) is 1.81. The molecule has 1 aromatic carbocycles. The lowest BCUT2D eigenvalue weighted by Gasteiger charge is -1.98. The molecule has 3 heteroatoms. The van der Waals surface area contributed by atoms with Crippen LogP contribution in [0, 0.1) is 0 Å². The maximum Gasteiger partial charge on any atom is 0.210 e. The maximum atomic E-state index is 12.3. The van der Waals surface area contributed by atoms with Gasteiger partial charge in [0.25, 0.3) is 0 Å². The highest BCUT2D eigenvalue weighted by atomic mass is 16.1. The van der Waals surface area contributed by atoms with Crippen LogP contribution < -0.4 is 0 Å². The zero-order valence-corrected chi connectivity index (χ0v) is 15.3. The number of H-pyrrole nitrogens is 1. The van der Waals surface area contributed by atoms with Crippen molar-refractivity contribution >= 4 is 11.4 Å². The molecule has 0 saturated heterocycles. The number of ketones is 1. The lowest BCUT2D eigenvalue weighted by atomic mass is 10.1. The van der Waals surface area contributed by atoms with Gasteiger partial charge in [0.05, 0.1) is 6.20 Å². The fourth-order valence-corrected chi connectivity index (χ4v) is 1.81. The first kappa shape index (κ1) is 21.3. The largest absolute Gasteiger partial charge is 0.335 e. The van der Waals surface area contributed by atoms with Crippen molar-refractivity contribution in [2.45, 2.75) is 34.6 Å². The van der Waals surface area contributed by atoms with Gasteiger partial charge in [0.15, 0.2) is 0 Å². The molecule has 1 N–H and O–H groups in total. The van der Waals surface area contributed by atoms with E-state index in [1.807, 2.05) is 71.0 Å². The van der Waals surface area contributed by atoms with Crippen LogP contribution in [0.4, 0.5) is 0 Å². The van der Waals surface area contributed by atoms with Crippen molar-refractivity contribution in [2.24, 2.45) is 0 Å². The second-order valence-corrected chi connectivity index (χ2v) is 4.18. The van der Waals surface area contributed by atoms with Crippen molar-refractivity contribution in [1.29, 1.82) is 0 Å². The number of carbonyl (C=O) groups excluding carboxylic acids is 1. The molecule has 3 nitrogen and oxygen atoms in total. The van der Waals surface area contributed by atoms with Gasteiger partial charge in [-0.15, -0.1) is 0 Å². The molecule has 0 atom stereocenters. The molecule has 0 bridgehead atoms. The summed E-state index contributed by atoms with van der Waals surface area (Å²) in [6.45, 7) is 13.6. The molecular weight excluding hydrogens is 296 g/mol. The van der Waals surface area contributed by atoms with Gasteiger partial charge >= 0.3 is 0 Å². The smallest absolute Gasteiger partial charge is 0.210 e. The molecule has 0 aliphatic heterocycles. The van der Waals surface area contributed by atoms with E-state index in [2.05, 4.69) is 16.5 Å². The highest BCUT2D eigenvalue weighted by Crippen LogP contribution is 2.14. The average molecular weight is 324 g/mol. The predicted octanol–water partition coefficient (Wildman–Crippen LogP) is 5.84. The van der Waals surface area contributed by atoms with Gasteiger partial charge in [0.1, 0.15) is 11.5 Å². The first-order chi connectivity index (χ1) is 11.8. The van der Waals surface area contributed by atoms with Crippen LogP contribution >= 0.6 is 0 Å². The van der Waals surface area contributed by atoms with Gasteiger partial charge in [-0.1, -0.05) is 88.9 Å². The van der Waals surface area contributed by atoms with Gasteiger partial charge in [-0.2, -0.15) is 0 Å². The number of benzene rings is 1. The molecule has 0 amide bonds. The average Bonchev–Trinajstić information content (AvgIpc) is 3.16. The van der Waals surface area contributed by atoms with Gasteiger partial charge in [-0.05, 0) is 6.92 Å². The van der Waals surface area contributed by atoms with E-state index < -0.39 is 0 Å². The van der Waals surface area contributed by atoms with E-state index in [0.29, 0.717) is 17.1 Å². The summed E-state index contributed by atoms with van der Waals surface area (Å²) in [5, 5.41) is 0. The molecule has 0 aliphatic carbocycles. The summed E-state index contributed by atoms with van der Waals surface area (Å²) >= 11 is 0. The maximum absolute atomic E-state index is 12.3. The van der Waals surface area contributed by atoms with Crippen LogP contribution in [-0.2, 0) is 0 Å². The van der Waals surface area contributed by atoms with Crippen molar-refractivity contribution in [2.75, 3.05) is 0 Å². The van der Waals surface area contributed by atoms with Crippen LogP contribution in [0.5, 0.6) is 0 Å². The number of imidazole rings is 1. The van der Waals surface area contributed by atoms with Crippen molar-refractivity contribution in [3.8, 4) is 0 Å². The van der Waals surface area contributed by atoms with Gasteiger partial charge in [-0.25, -0.2) is 4.98 Å². The van der Waals surface area contributed by atoms with Gasteiger partial charge in [0, 0.05) is 11.1 Å². The third-order valence-corrected chi connectivity index (χ3v) is 2.85. The Morgan fingerprint density at radius 2 is 1.75 bits per heavy atom. The van der Waals surface area contributed by atoms with Gasteiger partial charge in [-0.3, -0.25) is 4.79 Å². The van der Waals surface area contributed by atoms with Crippen molar-refractivity contribution < 1.29 is 4.79 Å². The number of aromatic amines is 1. The molecule has 2 aromatic rings. The molecule has 0 unspecified atom stereocenters. The number of aromatic nitrogens is 2. The Hall–Kier alpha value is -2.68. The van der Waals surface area contributed by atoms with E-state index in [-0.39, 0.29) is 5.78 Å². The molecule has 2 rings (SSSR count). The van der Waals surface area contributed by atoms with Crippen molar-refractivity contribution in [3.63, 3.8) is 0 Å². The SMILES string of the molecule is C=C/C=C\C(=C/C)c1ncc(C(=O)c2ccccc2)[nH]1.CC.CC. The molecule has 1 aromatic heterocycles. The summed E-state index contributed by atoms with van der Waals surface area (Å²) in [4.78, 5) is 19.6. The molecule has 0 saturated carbocycles. The molecule has 24 heavy (non-hydrogen) atoms.